The lowest BCUT2D eigenvalue weighted by Crippen LogP contribution is -2.20. The van der Waals surface area contributed by atoms with Crippen molar-refractivity contribution >= 4 is 33.0 Å². The van der Waals surface area contributed by atoms with Crippen molar-refractivity contribution in [3.8, 4) is 0 Å². The summed E-state index contributed by atoms with van der Waals surface area (Å²) in [6.45, 7) is 0.738. The first kappa shape index (κ1) is 10.3. The summed E-state index contributed by atoms with van der Waals surface area (Å²) in [7, 11) is 0. The van der Waals surface area contributed by atoms with E-state index in [0.717, 1.165) is 28.8 Å². The van der Waals surface area contributed by atoms with Crippen molar-refractivity contribution in [2.45, 2.75) is 25.4 Å². The largest absolute Gasteiger partial charge is 0.370 e. The number of thiophene rings is 1. The average molecular weight is 275 g/mol. The van der Waals surface area contributed by atoms with Gasteiger partial charge in [-0.1, -0.05) is 0 Å². The van der Waals surface area contributed by atoms with E-state index in [2.05, 4.69) is 15.9 Å². The van der Waals surface area contributed by atoms with Crippen LogP contribution in [0.2, 0.25) is 0 Å². The molecule has 1 fully saturated rings. The third kappa shape index (κ3) is 2.24. The van der Waals surface area contributed by atoms with Crippen molar-refractivity contribution in [2.24, 2.45) is 0 Å². The molecule has 0 N–H and O–H groups in total. The van der Waals surface area contributed by atoms with Gasteiger partial charge in [-0.3, -0.25) is 4.79 Å². The molecule has 0 aromatic carbocycles. The molecule has 1 atom stereocenters. The smallest absolute Gasteiger partial charge is 0.166 e. The Kier molecular flexibility index (Phi) is 3.36. The summed E-state index contributed by atoms with van der Waals surface area (Å²) in [6, 6.07) is 1.97. The number of Topliss-reactive ketones (excluding diaryl/α,β-unsaturated/α-hetero) is 1. The van der Waals surface area contributed by atoms with E-state index in [0.29, 0.717) is 6.42 Å². The molecule has 1 unspecified atom stereocenters. The van der Waals surface area contributed by atoms with Gasteiger partial charge in [0.25, 0.3) is 0 Å². The van der Waals surface area contributed by atoms with Crippen LogP contribution in [-0.2, 0) is 16.0 Å². The van der Waals surface area contributed by atoms with Gasteiger partial charge in [0.2, 0.25) is 0 Å². The number of ketones is 1. The molecule has 0 spiro atoms. The Morgan fingerprint density at radius 2 is 2.57 bits per heavy atom. The molecular formula is C10H11BrO2S. The maximum absolute atomic E-state index is 11.7. The average Bonchev–Trinajstić information content (AvgIpc) is 2.77. The molecule has 0 radical (unpaired) electrons. The fourth-order valence-corrected chi connectivity index (χ4v) is 3.06. The highest BCUT2D eigenvalue weighted by atomic mass is 79.9. The van der Waals surface area contributed by atoms with Crippen molar-refractivity contribution < 1.29 is 9.53 Å². The number of halogens is 1. The minimum atomic E-state index is -0.149. The van der Waals surface area contributed by atoms with Gasteiger partial charge >= 0.3 is 0 Å². The van der Waals surface area contributed by atoms with E-state index >= 15 is 0 Å². The van der Waals surface area contributed by atoms with Crippen LogP contribution in [-0.4, -0.2) is 18.5 Å². The zero-order chi connectivity index (χ0) is 9.97. The number of hydrogen-bond donors (Lipinski definition) is 0. The van der Waals surface area contributed by atoms with Crippen LogP contribution in [0.3, 0.4) is 0 Å². The molecule has 0 bridgehead atoms. The first-order valence-corrected chi connectivity index (χ1v) is 6.31. The van der Waals surface area contributed by atoms with Crippen LogP contribution in [0, 0.1) is 0 Å². The maximum Gasteiger partial charge on any atom is 0.166 e. The van der Waals surface area contributed by atoms with Crippen LogP contribution in [0.5, 0.6) is 0 Å². The molecule has 2 rings (SSSR count). The Morgan fingerprint density at radius 1 is 1.71 bits per heavy atom. The third-order valence-corrected chi connectivity index (χ3v) is 4.24. The Labute approximate surface area is 95.4 Å². The van der Waals surface area contributed by atoms with Crippen molar-refractivity contribution in [2.75, 3.05) is 6.61 Å². The SMILES string of the molecule is O=C(Cc1sccc1Br)C1CCCO1. The Balaban J connectivity index is 1.97. The maximum atomic E-state index is 11.7. The van der Waals surface area contributed by atoms with Gasteiger partial charge in [0, 0.05) is 22.4 Å². The molecule has 0 aliphatic carbocycles. The van der Waals surface area contributed by atoms with Gasteiger partial charge in [-0.05, 0) is 40.2 Å². The standard InChI is InChI=1S/C10H11BrO2S/c11-7-3-5-14-10(7)6-8(12)9-2-1-4-13-9/h3,5,9H,1-2,4,6H2. The predicted octanol–water partition coefficient (Wildman–Crippen LogP) is 2.80. The van der Waals surface area contributed by atoms with E-state index in [-0.39, 0.29) is 11.9 Å². The lowest BCUT2D eigenvalue weighted by Gasteiger charge is -2.06. The zero-order valence-electron chi connectivity index (χ0n) is 7.66. The second-order valence-electron chi connectivity index (χ2n) is 3.34. The number of carbonyl (C=O) groups excluding carboxylic acids is 1. The summed E-state index contributed by atoms with van der Waals surface area (Å²) < 4.78 is 6.38. The van der Waals surface area contributed by atoms with Crippen LogP contribution in [0.1, 0.15) is 17.7 Å². The highest BCUT2D eigenvalue weighted by Gasteiger charge is 2.24. The van der Waals surface area contributed by atoms with Gasteiger partial charge in [-0.25, -0.2) is 0 Å². The summed E-state index contributed by atoms with van der Waals surface area (Å²) in [4.78, 5) is 12.8. The van der Waals surface area contributed by atoms with Crippen LogP contribution >= 0.6 is 27.3 Å². The van der Waals surface area contributed by atoms with E-state index in [4.69, 9.17) is 4.74 Å². The summed E-state index contributed by atoms with van der Waals surface area (Å²) in [5.41, 5.74) is 0. The van der Waals surface area contributed by atoms with E-state index in [1.807, 2.05) is 11.4 Å². The zero-order valence-corrected chi connectivity index (χ0v) is 10.1. The molecule has 1 aromatic heterocycles. The minimum Gasteiger partial charge on any atom is -0.370 e. The summed E-state index contributed by atoms with van der Waals surface area (Å²) in [5, 5.41) is 1.99. The fraction of sp³-hybridized carbons (Fsp3) is 0.500. The Bertz CT molecular complexity index is 329. The molecule has 1 aliphatic heterocycles. The second-order valence-corrected chi connectivity index (χ2v) is 5.19. The molecule has 0 amide bonds. The predicted molar refractivity (Wildman–Crippen MR) is 59.7 cm³/mol. The van der Waals surface area contributed by atoms with Gasteiger partial charge in [0.15, 0.2) is 5.78 Å². The first-order valence-electron chi connectivity index (χ1n) is 4.63. The van der Waals surface area contributed by atoms with Gasteiger partial charge in [-0.15, -0.1) is 11.3 Å². The van der Waals surface area contributed by atoms with Crippen molar-refractivity contribution in [1.82, 2.24) is 0 Å². The second kappa shape index (κ2) is 4.55. The van der Waals surface area contributed by atoms with Gasteiger partial charge in [-0.2, -0.15) is 0 Å². The molecule has 1 saturated heterocycles. The highest BCUT2D eigenvalue weighted by Crippen LogP contribution is 2.25. The lowest BCUT2D eigenvalue weighted by molar-refractivity contribution is -0.127. The van der Waals surface area contributed by atoms with E-state index in [9.17, 15) is 4.79 Å². The molecule has 1 aromatic rings. The summed E-state index contributed by atoms with van der Waals surface area (Å²) >= 11 is 5.03. The van der Waals surface area contributed by atoms with E-state index in [1.54, 1.807) is 11.3 Å². The van der Waals surface area contributed by atoms with E-state index in [1.165, 1.54) is 0 Å². The van der Waals surface area contributed by atoms with E-state index < -0.39 is 0 Å². The molecular weight excluding hydrogens is 264 g/mol. The number of ether oxygens (including phenoxy) is 1. The summed E-state index contributed by atoms with van der Waals surface area (Å²) in [6.07, 6.45) is 2.26. The van der Waals surface area contributed by atoms with Crippen molar-refractivity contribution in [3.05, 3.63) is 20.8 Å². The number of carbonyl (C=O) groups is 1. The normalized spacial score (nSPS) is 21.4. The quantitative estimate of drug-likeness (QED) is 0.848. The Morgan fingerprint density at radius 3 is 3.14 bits per heavy atom. The van der Waals surface area contributed by atoms with Crippen molar-refractivity contribution in [3.63, 3.8) is 0 Å². The van der Waals surface area contributed by atoms with Gasteiger partial charge < -0.3 is 4.74 Å². The monoisotopic (exact) mass is 274 g/mol. The van der Waals surface area contributed by atoms with Crippen LogP contribution in [0.15, 0.2) is 15.9 Å². The van der Waals surface area contributed by atoms with Crippen LogP contribution in [0.25, 0.3) is 0 Å². The molecule has 4 heteroatoms. The molecule has 2 heterocycles. The number of rotatable bonds is 3. The topological polar surface area (TPSA) is 26.3 Å². The van der Waals surface area contributed by atoms with Gasteiger partial charge in [0.05, 0.1) is 0 Å². The van der Waals surface area contributed by atoms with Crippen molar-refractivity contribution in [1.29, 1.82) is 0 Å². The molecule has 76 valence electrons. The van der Waals surface area contributed by atoms with Crippen LogP contribution < -0.4 is 0 Å². The number of hydrogen-bond acceptors (Lipinski definition) is 3. The van der Waals surface area contributed by atoms with Crippen LogP contribution in [0.4, 0.5) is 0 Å². The molecule has 2 nitrogen and oxygen atoms in total. The Hall–Kier alpha value is -0.190. The highest BCUT2D eigenvalue weighted by molar-refractivity contribution is 9.10. The summed E-state index contributed by atoms with van der Waals surface area (Å²) in [5.74, 6) is 0.214. The molecule has 1 aliphatic rings. The fourth-order valence-electron chi connectivity index (χ4n) is 1.55. The molecule has 14 heavy (non-hydrogen) atoms. The molecule has 0 saturated carbocycles. The first-order chi connectivity index (χ1) is 6.77. The van der Waals surface area contributed by atoms with Gasteiger partial charge in [0.1, 0.15) is 6.10 Å². The minimum absolute atomic E-state index is 0.149. The third-order valence-electron chi connectivity index (χ3n) is 2.31. The lowest BCUT2D eigenvalue weighted by atomic mass is 10.1.